The lowest BCUT2D eigenvalue weighted by Gasteiger charge is -2.28. The number of thiazole rings is 1. The smallest absolute Gasteiger partial charge is 0.267 e. The van der Waals surface area contributed by atoms with E-state index < -0.39 is 0 Å². The first-order valence-corrected chi connectivity index (χ1v) is 10.3. The van der Waals surface area contributed by atoms with Crippen LogP contribution in [0, 0.1) is 6.92 Å². The number of hydrogen-bond donors (Lipinski definition) is 1. The van der Waals surface area contributed by atoms with E-state index in [4.69, 9.17) is 4.74 Å². The van der Waals surface area contributed by atoms with Crippen LogP contribution in [0.3, 0.4) is 0 Å². The van der Waals surface area contributed by atoms with Crippen LogP contribution in [0.25, 0.3) is 11.3 Å². The van der Waals surface area contributed by atoms with Gasteiger partial charge in [0.1, 0.15) is 5.75 Å². The van der Waals surface area contributed by atoms with Crippen LogP contribution in [0.1, 0.15) is 14.5 Å². The minimum Gasteiger partial charge on any atom is -0.482 e. The largest absolute Gasteiger partial charge is 0.482 e. The maximum absolute atomic E-state index is 12.3. The molecule has 0 atom stereocenters. The van der Waals surface area contributed by atoms with Crippen LogP contribution < -0.4 is 15.0 Å². The van der Waals surface area contributed by atoms with Crippen molar-refractivity contribution in [2.24, 2.45) is 0 Å². The standard InChI is InChI=1S/C20H17N3O3S2/c1-3-8-23-14-10-13(6-7-15(14)26-11-17(23)24)18-12(2)28-20(21-18)22-19(25)16-5-4-9-27-16/h3-7,9-10H,1,8,11H2,2H3,(H,21,22,25). The van der Waals surface area contributed by atoms with Gasteiger partial charge in [0.25, 0.3) is 11.8 Å². The van der Waals surface area contributed by atoms with Gasteiger partial charge < -0.3 is 9.64 Å². The molecule has 3 aromatic rings. The number of carbonyl (C=O) groups excluding carboxylic acids is 2. The fraction of sp³-hybridized carbons (Fsp3) is 0.150. The van der Waals surface area contributed by atoms with Gasteiger partial charge in [0.15, 0.2) is 11.7 Å². The van der Waals surface area contributed by atoms with E-state index in [0.717, 1.165) is 16.1 Å². The molecule has 142 valence electrons. The molecule has 2 aromatic heterocycles. The summed E-state index contributed by atoms with van der Waals surface area (Å²) in [4.78, 5) is 32.3. The number of nitrogens with one attached hydrogen (secondary N) is 1. The third kappa shape index (κ3) is 3.44. The van der Waals surface area contributed by atoms with Crippen molar-refractivity contribution in [3.05, 3.63) is 58.1 Å². The van der Waals surface area contributed by atoms with E-state index in [2.05, 4.69) is 16.9 Å². The average Bonchev–Trinajstić information content (AvgIpc) is 3.34. The molecule has 6 nitrogen and oxygen atoms in total. The monoisotopic (exact) mass is 411 g/mol. The molecule has 28 heavy (non-hydrogen) atoms. The molecular weight excluding hydrogens is 394 g/mol. The van der Waals surface area contributed by atoms with Crippen molar-refractivity contribution in [2.75, 3.05) is 23.4 Å². The highest BCUT2D eigenvalue weighted by Crippen LogP contribution is 2.38. The van der Waals surface area contributed by atoms with E-state index in [-0.39, 0.29) is 18.4 Å². The number of amides is 2. The number of rotatable bonds is 5. The number of anilines is 2. The Morgan fingerprint density at radius 2 is 2.29 bits per heavy atom. The molecule has 0 unspecified atom stereocenters. The van der Waals surface area contributed by atoms with E-state index in [1.54, 1.807) is 17.0 Å². The van der Waals surface area contributed by atoms with Gasteiger partial charge in [-0.25, -0.2) is 4.98 Å². The lowest BCUT2D eigenvalue weighted by Crippen LogP contribution is -2.38. The first-order valence-electron chi connectivity index (χ1n) is 8.57. The summed E-state index contributed by atoms with van der Waals surface area (Å²) in [6.07, 6.45) is 1.69. The highest BCUT2D eigenvalue weighted by molar-refractivity contribution is 7.16. The summed E-state index contributed by atoms with van der Waals surface area (Å²) in [7, 11) is 0. The molecule has 2 amide bonds. The molecule has 1 aromatic carbocycles. The van der Waals surface area contributed by atoms with Crippen molar-refractivity contribution in [2.45, 2.75) is 6.92 Å². The van der Waals surface area contributed by atoms with Crippen molar-refractivity contribution >= 4 is 45.3 Å². The summed E-state index contributed by atoms with van der Waals surface area (Å²) < 4.78 is 5.53. The third-order valence-corrected chi connectivity index (χ3v) is 6.00. The van der Waals surface area contributed by atoms with E-state index in [0.29, 0.717) is 28.0 Å². The average molecular weight is 412 g/mol. The first kappa shape index (κ1) is 18.4. The predicted molar refractivity (Wildman–Crippen MR) is 113 cm³/mol. The van der Waals surface area contributed by atoms with Crippen LogP contribution in [-0.4, -0.2) is 29.9 Å². The number of carbonyl (C=O) groups is 2. The van der Waals surface area contributed by atoms with Crippen molar-refractivity contribution in [3.63, 3.8) is 0 Å². The minimum absolute atomic E-state index is 0.0226. The third-order valence-electron chi connectivity index (χ3n) is 4.25. The van der Waals surface area contributed by atoms with Crippen molar-refractivity contribution < 1.29 is 14.3 Å². The summed E-state index contributed by atoms with van der Waals surface area (Å²) in [5, 5.41) is 5.25. The van der Waals surface area contributed by atoms with Crippen LogP contribution in [-0.2, 0) is 4.79 Å². The molecule has 0 fully saturated rings. The molecule has 8 heteroatoms. The zero-order valence-electron chi connectivity index (χ0n) is 15.1. The Labute approximate surface area is 170 Å². The van der Waals surface area contributed by atoms with Crippen molar-refractivity contribution in [1.82, 2.24) is 4.98 Å². The van der Waals surface area contributed by atoms with Gasteiger partial charge in [-0.2, -0.15) is 0 Å². The lowest BCUT2D eigenvalue weighted by molar-refractivity contribution is -0.121. The first-order chi connectivity index (χ1) is 13.6. The number of aromatic nitrogens is 1. The highest BCUT2D eigenvalue weighted by atomic mass is 32.1. The highest BCUT2D eigenvalue weighted by Gasteiger charge is 2.25. The fourth-order valence-electron chi connectivity index (χ4n) is 2.96. The molecule has 0 radical (unpaired) electrons. The molecule has 0 saturated carbocycles. The Bertz CT molecular complexity index is 1060. The van der Waals surface area contributed by atoms with Gasteiger partial charge in [-0.1, -0.05) is 12.1 Å². The normalized spacial score (nSPS) is 13.0. The summed E-state index contributed by atoms with van der Waals surface area (Å²) in [5.74, 6) is 0.379. The van der Waals surface area contributed by atoms with Crippen LogP contribution in [0.15, 0.2) is 48.4 Å². The topological polar surface area (TPSA) is 71.5 Å². The Kier molecular flexibility index (Phi) is 4.97. The maximum Gasteiger partial charge on any atom is 0.267 e. The van der Waals surface area contributed by atoms with Gasteiger partial charge in [-0.15, -0.1) is 29.3 Å². The Balaban J connectivity index is 1.65. The summed E-state index contributed by atoms with van der Waals surface area (Å²) >= 11 is 2.80. The second-order valence-corrected chi connectivity index (χ2v) is 8.27. The number of ether oxygens (including phenoxy) is 1. The van der Waals surface area contributed by atoms with Gasteiger partial charge in [-0.3, -0.25) is 14.9 Å². The number of aryl methyl sites for hydroxylation is 1. The lowest BCUT2D eigenvalue weighted by atomic mass is 10.1. The van der Waals surface area contributed by atoms with E-state index in [9.17, 15) is 9.59 Å². The molecule has 0 bridgehead atoms. The summed E-state index contributed by atoms with van der Waals surface area (Å²) in [6.45, 7) is 6.12. The van der Waals surface area contributed by atoms with Gasteiger partial charge in [0.2, 0.25) is 0 Å². The van der Waals surface area contributed by atoms with E-state index >= 15 is 0 Å². The minimum atomic E-state index is -0.170. The van der Waals surface area contributed by atoms with E-state index in [1.807, 2.05) is 36.6 Å². The van der Waals surface area contributed by atoms with Crippen LogP contribution >= 0.6 is 22.7 Å². The molecule has 0 aliphatic carbocycles. The number of benzene rings is 1. The Morgan fingerprint density at radius 3 is 3.04 bits per heavy atom. The van der Waals surface area contributed by atoms with Gasteiger partial charge in [-0.05, 0) is 36.6 Å². The molecule has 3 heterocycles. The molecule has 1 aliphatic heterocycles. The van der Waals surface area contributed by atoms with Gasteiger partial charge in [0.05, 0.1) is 16.3 Å². The van der Waals surface area contributed by atoms with Gasteiger partial charge in [0, 0.05) is 17.0 Å². The second kappa shape index (κ2) is 7.57. The Hall–Kier alpha value is -2.97. The molecule has 0 spiro atoms. The zero-order chi connectivity index (χ0) is 19.7. The second-order valence-electron chi connectivity index (χ2n) is 6.12. The van der Waals surface area contributed by atoms with E-state index in [1.165, 1.54) is 22.7 Å². The number of fused-ring (bicyclic) bond motifs is 1. The summed E-state index contributed by atoms with van der Waals surface area (Å²) in [6, 6.07) is 9.26. The van der Waals surface area contributed by atoms with Crippen LogP contribution in [0.5, 0.6) is 5.75 Å². The molecule has 4 rings (SSSR count). The molecule has 1 aliphatic rings. The van der Waals surface area contributed by atoms with Crippen LogP contribution in [0.2, 0.25) is 0 Å². The van der Waals surface area contributed by atoms with Gasteiger partial charge >= 0.3 is 0 Å². The quantitative estimate of drug-likeness (QED) is 0.634. The fourth-order valence-corrected chi connectivity index (χ4v) is 4.41. The molecule has 0 saturated heterocycles. The predicted octanol–water partition coefficient (Wildman–Crippen LogP) is 4.34. The number of thiophene rings is 1. The van der Waals surface area contributed by atoms with Crippen LogP contribution in [0.4, 0.5) is 10.8 Å². The molecular formula is C20H17N3O3S2. The zero-order valence-corrected chi connectivity index (χ0v) is 16.7. The number of nitrogens with zero attached hydrogens (tertiary/aromatic N) is 2. The summed E-state index contributed by atoms with van der Waals surface area (Å²) in [5.41, 5.74) is 2.33. The van der Waals surface area contributed by atoms with Crippen molar-refractivity contribution in [1.29, 1.82) is 0 Å². The SMILES string of the molecule is C=CCN1C(=O)COc2ccc(-c3nc(NC(=O)c4cccs4)sc3C)cc21. The maximum atomic E-state index is 12.3. The molecule has 1 N–H and O–H groups in total. The Morgan fingerprint density at radius 1 is 1.43 bits per heavy atom. The van der Waals surface area contributed by atoms with Crippen molar-refractivity contribution in [3.8, 4) is 17.0 Å². The number of hydrogen-bond acceptors (Lipinski definition) is 6.